The van der Waals surface area contributed by atoms with Crippen LogP contribution in [0.3, 0.4) is 0 Å². The molecule has 1 N–H and O–H groups in total. The fraction of sp³-hybridized carbons (Fsp3) is 0.556. The largest absolute Gasteiger partial charge is 0.353 e. The van der Waals surface area contributed by atoms with Crippen LogP contribution in [0.1, 0.15) is 59.9 Å². The molecule has 2 aromatic heterocycles. The third kappa shape index (κ3) is 3.39. The van der Waals surface area contributed by atoms with E-state index in [1.54, 1.807) is 6.92 Å². The first kappa shape index (κ1) is 16.0. The number of aromatic nitrogens is 3. The number of aryl methyl sites for hydroxylation is 2. The van der Waals surface area contributed by atoms with Crippen molar-refractivity contribution >= 4 is 5.78 Å². The van der Waals surface area contributed by atoms with Gasteiger partial charge in [0.05, 0.1) is 6.20 Å². The van der Waals surface area contributed by atoms with Crippen LogP contribution in [0.25, 0.3) is 0 Å². The maximum absolute atomic E-state index is 11.5. The summed E-state index contributed by atoms with van der Waals surface area (Å²) in [6.45, 7) is 6.88. The number of nitrogens with zero attached hydrogens (tertiary/aromatic N) is 3. The van der Waals surface area contributed by atoms with Gasteiger partial charge in [0.25, 0.3) is 0 Å². The second-order valence-corrected chi connectivity index (χ2v) is 6.62. The zero-order chi connectivity index (χ0) is 16.4. The van der Waals surface area contributed by atoms with E-state index in [9.17, 15) is 4.79 Å². The standard InChI is InChI=1S/C18H26N4O/c1-4-14-9-19-20-18(14)15-6-5-7-22(11-15)12-17-8-16(13(2)23)10-21(17)3/h8-10,15H,4-7,11-12H2,1-3H3,(H,19,20). The van der Waals surface area contributed by atoms with Crippen molar-refractivity contribution in [3.63, 3.8) is 0 Å². The first-order valence-corrected chi connectivity index (χ1v) is 8.49. The van der Waals surface area contributed by atoms with Gasteiger partial charge in [0.2, 0.25) is 0 Å². The number of H-pyrrole nitrogens is 1. The summed E-state index contributed by atoms with van der Waals surface area (Å²) in [5.41, 5.74) is 4.66. The number of carbonyl (C=O) groups excluding carboxylic acids is 1. The molecule has 124 valence electrons. The highest BCUT2D eigenvalue weighted by atomic mass is 16.1. The molecule has 1 aliphatic heterocycles. The summed E-state index contributed by atoms with van der Waals surface area (Å²) < 4.78 is 2.08. The molecule has 1 saturated heterocycles. The number of likely N-dealkylation sites (tertiary alicyclic amines) is 1. The second kappa shape index (κ2) is 6.71. The fourth-order valence-electron chi connectivity index (χ4n) is 3.58. The SMILES string of the molecule is CCc1cn[nH]c1C1CCCN(Cc2cc(C(C)=O)cn2C)C1. The van der Waals surface area contributed by atoms with E-state index in [-0.39, 0.29) is 5.78 Å². The Morgan fingerprint density at radius 2 is 2.30 bits per heavy atom. The molecule has 0 bridgehead atoms. The quantitative estimate of drug-likeness (QED) is 0.863. The highest BCUT2D eigenvalue weighted by Crippen LogP contribution is 2.29. The Hall–Kier alpha value is -1.88. The number of Topliss-reactive ketones (excluding diaryl/α,β-unsaturated/α-hetero) is 1. The van der Waals surface area contributed by atoms with E-state index in [0.29, 0.717) is 5.92 Å². The monoisotopic (exact) mass is 314 g/mol. The average molecular weight is 314 g/mol. The minimum Gasteiger partial charge on any atom is -0.353 e. The van der Waals surface area contributed by atoms with E-state index in [0.717, 1.165) is 31.6 Å². The van der Waals surface area contributed by atoms with Crippen LogP contribution in [-0.2, 0) is 20.0 Å². The minimum absolute atomic E-state index is 0.133. The average Bonchev–Trinajstić information content (AvgIpc) is 3.15. The number of carbonyl (C=O) groups is 1. The smallest absolute Gasteiger partial charge is 0.161 e. The van der Waals surface area contributed by atoms with Crippen LogP contribution in [0.2, 0.25) is 0 Å². The van der Waals surface area contributed by atoms with E-state index in [4.69, 9.17) is 0 Å². The third-order valence-electron chi connectivity index (χ3n) is 4.95. The molecule has 1 fully saturated rings. The van der Waals surface area contributed by atoms with Gasteiger partial charge in [-0.05, 0) is 44.4 Å². The molecule has 1 aliphatic rings. The van der Waals surface area contributed by atoms with E-state index in [1.165, 1.54) is 29.8 Å². The maximum Gasteiger partial charge on any atom is 0.161 e. The van der Waals surface area contributed by atoms with E-state index in [2.05, 4.69) is 26.6 Å². The summed E-state index contributed by atoms with van der Waals surface area (Å²) in [6, 6.07) is 2.03. The van der Waals surface area contributed by atoms with E-state index in [1.807, 2.05) is 25.5 Å². The summed E-state index contributed by atoms with van der Waals surface area (Å²) in [6.07, 6.45) is 7.35. The van der Waals surface area contributed by atoms with Crippen LogP contribution in [0.15, 0.2) is 18.5 Å². The third-order valence-corrected chi connectivity index (χ3v) is 4.95. The van der Waals surface area contributed by atoms with Crippen molar-refractivity contribution in [2.75, 3.05) is 13.1 Å². The summed E-state index contributed by atoms with van der Waals surface area (Å²) in [7, 11) is 2.02. The van der Waals surface area contributed by atoms with Crippen LogP contribution < -0.4 is 0 Å². The van der Waals surface area contributed by atoms with Gasteiger partial charge in [-0.25, -0.2) is 0 Å². The Morgan fingerprint density at radius 1 is 1.48 bits per heavy atom. The molecule has 5 heteroatoms. The van der Waals surface area contributed by atoms with Crippen molar-refractivity contribution in [2.45, 2.75) is 45.6 Å². The van der Waals surface area contributed by atoms with Crippen molar-refractivity contribution < 1.29 is 4.79 Å². The van der Waals surface area contributed by atoms with Crippen molar-refractivity contribution in [2.24, 2.45) is 7.05 Å². The molecule has 2 aromatic rings. The molecule has 0 radical (unpaired) electrons. The molecule has 0 aliphatic carbocycles. The molecule has 3 heterocycles. The molecule has 0 spiro atoms. The van der Waals surface area contributed by atoms with Gasteiger partial charge in [0.1, 0.15) is 0 Å². The Balaban J connectivity index is 1.71. The molecule has 0 saturated carbocycles. The van der Waals surface area contributed by atoms with Gasteiger partial charge in [0.15, 0.2) is 5.78 Å². The lowest BCUT2D eigenvalue weighted by molar-refractivity contribution is 0.101. The van der Waals surface area contributed by atoms with Crippen LogP contribution in [0, 0.1) is 0 Å². The molecule has 0 amide bonds. The van der Waals surface area contributed by atoms with Crippen LogP contribution in [0.5, 0.6) is 0 Å². The number of nitrogens with one attached hydrogen (secondary N) is 1. The number of ketones is 1. The molecular weight excluding hydrogens is 288 g/mol. The molecule has 5 nitrogen and oxygen atoms in total. The number of piperidine rings is 1. The molecule has 0 aromatic carbocycles. The Morgan fingerprint density at radius 3 is 3.00 bits per heavy atom. The Bertz CT molecular complexity index is 685. The van der Waals surface area contributed by atoms with Gasteiger partial charge >= 0.3 is 0 Å². The number of aromatic amines is 1. The van der Waals surface area contributed by atoms with Gasteiger partial charge in [-0.3, -0.25) is 14.8 Å². The van der Waals surface area contributed by atoms with Crippen LogP contribution in [-0.4, -0.2) is 38.5 Å². The van der Waals surface area contributed by atoms with Crippen molar-refractivity contribution in [1.29, 1.82) is 0 Å². The highest BCUT2D eigenvalue weighted by Gasteiger charge is 2.25. The number of hydrogen-bond donors (Lipinski definition) is 1. The lowest BCUT2D eigenvalue weighted by Crippen LogP contribution is -2.34. The van der Waals surface area contributed by atoms with E-state index < -0.39 is 0 Å². The first-order valence-electron chi connectivity index (χ1n) is 8.49. The first-order chi connectivity index (χ1) is 11.1. The van der Waals surface area contributed by atoms with Crippen molar-refractivity contribution in [1.82, 2.24) is 19.7 Å². The summed E-state index contributed by atoms with van der Waals surface area (Å²) >= 11 is 0. The Kier molecular flexibility index (Phi) is 4.66. The van der Waals surface area contributed by atoms with Gasteiger partial charge in [-0.15, -0.1) is 0 Å². The lowest BCUT2D eigenvalue weighted by atomic mass is 9.92. The topological polar surface area (TPSA) is 53.9 Å². The molecule has 3 rings (SSSR count). The van der Waals surface area contributed by atoms with Crippen LogP contribution >= 0.6 is 0 Å². The van der Waals surface area contributed by atoms with Crippen molar-refractivity contribution in [3.05, 3.63) is 41.0 Å². The van der Waals surface area contributed by atoms with Gasteiger partial charge in [-0.1, -0.05) is 6.92 Å². The summed E-state index contributed by atoms with van der Waals surface area (Å²) in [4.78, 5) is 14.0. The highest BCUT2D eigenvalue weighted by molar-refractivity contribution is 5.94. The van der Waals surface area contributed by atoms with Crippen LogP contribution in [0.4, 0.5) is 0 Å². The predicted octanol–water partition coefficient (Wildman–Crippen LogP) is 2.89. The fourth-order valence-corrected chi connectivity index (χ4v) is 3.58. The Labute approximate surface area is 137 Å². The second-order valence-electron chi connectivity index (χ2n) is 6.62. The van der Waals surface area contributed by atoms with E-state index >= 15 is 0 Å². The zero-order valence-corrected chi connectivity index (χ0v) is 14.3. The molecule has 1 unspecified atom stereocenters. The van der Waals surface area contributed by atoms with Gasteiger partial charge < -0.3 is 4.57 Å². The summed E-state index contributed by atoms with van der Waals surface area (Å²) in [5, 5.41) is 7.44. The normalized spacial score (nSPS) is 19.2. The number of hydrogen-bond acceptors (Lipinski definition) is 3. The molecule has 23 heavy (non-hydrogen) atoms. The zero-order valence-electron chi connectivity index (χ0n) is 14.3. The molecule has 1 atom stereocenters. The minimum atomic E-state index is 0.133. The predicted molar refractivity (Wildman–Crippen MR) is 90.6 cm³/mol. The lowest BCUT2D eigenvalue weighted by Gasteiger charge is -2.32. The summed E-state index contributed by atoms with van der Waals surface area (Å²) in [5.74, 6) is 0.669. The van der Waals surface area contributed by atoms with Crippen molar-refractivity contribution in [3.8, 4) is 0 Å². The van der Waals surface area contributed by atoms with Gasteiger partial charge in [-0.2, -0.15) is 5.10 Å². The maximum atomic E-state index is 11.5. The number of rotatable bonds is 5. The molecular formula is C18H26N4O. The van der Waals surface area contributed by atoms with Gasteiger partial charge in [0, 0.05) is 49.2 Å².